The summed E-state index contributed by atoms with van der Waals surface area (Å²) in [4.78, 5) is 0. The Balaban J connectivity index is 2.39. The van der Waals surface area contributed by atoms with Gasteiger partial charge in [-0.1, -0.05) is 78.3 Å². The summed E-state index contributed by atoms with van der Waals surface area (Å²) in [6, 6.07) is 20.7. The molecule has 80 valence electrons. The minimum absolute atomic E-state index is 0.236. The van der Waals surface area contributed by atoms with Crippen LogP contribution in [0.2, 0.25) is 0 Å². The van der Waals surface area contributed by atoms with E-state index in [1.807, 2.05) is 42.5 Å². The second-order valence-corrected chi connectivity index (χ2v) is 3.87. The third kappa shape index (κ3) is 2.53. The molecule has 0 saturated heterocycles. The number of rotatable bonds is 3. The molecule has 0 aromatic heterocycles. The third-order valence-corrected chi connectivity index (χ3v) is 2.73. The summed E-state index contributed by atoms with van der Waals surface area (Å²) in [7, 11) is 0. The van der Waals surface area contributed by atoms with Crippen molar-refractivity contribution >= 4 is 11.6 Å². The van der Waals surface area contributed by atoms with Crippen molar-refractivity contribution in [2.75, 3.05) is 0 Å². The number of benzene rings is 2. The van der Waals surface area contributed by atoms with Crippen LogP contribution in [0.3, 0.4) is 0 Å². The van der Waals surface area contributed by atoms with Crippen molar-refractivity contribution in [3.63, 3.8) is 0 Å². The van der Waals surface area contributed by atoms with Crippen LogP contribution in [0.25, 0.3) is 0 Å². The molecule has 0 fully saturated rings. The van der Waals surface area contributed by atoms with Crippen molar-refractivity contribution in [2.24, 2.45) is 0 Å². The number of allylic oxidation sites excluding steroid dienone is 1. The normalized spacial score (nSPS) is 11.1. The van der Waals surface area contributed by atoms with Crippen LogP contribution in [0, 0.1) is 0 Å². The van der Waals surface area contributed by atoms with E-state index < -0.39 is 0 Å². The van der Waals surface area contributed by atoms with Gasteiger partial charge >= 0.3 is 0 Å². The molecule has 0 aliphatic rings. The lowest BCUT2D eigenvalue weighted by atomic mass is 9.92. The van der Waals surface area contributed by atoms with Crippen molar-refractivity contribution < 1.29 is 0 Å². The van der Waals surface area contributed by atoms with E-state index in [-0.39, 0.29) is 5.92 Å². The molecule has 1 heteroatoms. The predicted molar refractivity (Wildman–Crippen MR) is 69.7 cm³/mol. The van der Waals surface area contributed by atoms with Gasteiger partial charge < -0.3 is 0 Å². The Kier molecular flexibility index (Phi) is 3.79. The van der Waals surface area contributed by atoms with E-state index in [0.29, 0.717) is 0 Å². The van der Waals surface area contributed by atoms with Crippen LogP contribution in [0.4, 0.5) is 0 Å². The Morgan fingerprint density at radius 3 is 1.56 bits per heavy atom. The summed E-state index contributed by atoms with van der Waals surface area (Å²) in [5.74, 6) is 0.236. The molecule has 0 saturated carbocycles. The van der Waals surface area contributed by atoms with Crippen LogP contribution in [-0.2, 0) is 0 Å². The second kappa shape index (κ2) is 5.53. The highest BCUT2D eigenvalue weighted by atomic mass is 35.5. The summed E-state index contributed by atoms with van der Waals surface area (Å²) >= 11 is 5.72. The highest BCUT2D eigenvalue weighted by Gasteiger charge is 2.09. The summed E-state index contributed by atoms with van der Waals surface area (Å²) in [6.45, 7) is 0. The molecule has 2 aromatic rings. The Bertz CT molecular complexity index is 406. The van der Waals surface area contributed by atoms with E-state index in [4.69, 9.17) is 11.6 Å². The van der Waals surface area contributed by atoms with Crippen molar-refractivity contribution in [2.45, 2.75) is 5.92 Å². The van der Waals surface area contributed by atoms with Crippen molar-refractivity contribution in [3.05, 3.63) is 83.4 Å². The van der Waals surface area contributed by atoms with Crippen LogP contribution in [0.1, 0.15) is 17.0 Å². The average Bonchev–Trinajstić information content (AvgIpc) is 2.38. The molecule has 0 radical (unpaired) electrons. The van der Waals surface area contributed by atoms with E-state index in [0.717, 1.165) is 0 Å². The van der Waals surface area contributed by atoms with E-state index in [1.165, 1.54) is 11.1 Å². The molecule has 0 spiro atoms. The summed E-state index contributed by atoms with van der Waals surface area (Å²) < 4.78 is 0. The maximum Gasteiger partial charge on any atom is 0.0280 e. The number of hydrogen-bond acceptors (Lipinski definition) is 0. The fourth-order valence-electron chi connectivity index (χ4n) is 1.81. The van der Waals surface area contributed by atoms with Gasteiger partial charge in [0.25, 0.3) is 0 Å². The zero-order valence-corrected chi connectivity index (χ0v) is 9.64. The molecule has 2 rings (SSSR count). The fraction of sp³-hybridized carbons (Fsp3) is 0.0667. The molecule has 0 bridgehead atoms. The molecule has 0 aliphatic heterocycles. The van der Waals surface area contributed by atoms with E-state index in [1.54, 1.807) is 5.54 Å². The average molecular weight is 229 g/mol. The zero-order chi connectivity index (χ0) is 11.2. The quantitative estimate of drug-likeness (QED) is 0.722. The van der Waals surface area contributed by atoms with Gasteiger partial charge in [0.2, 0.25) is 0 Å². The van der Waals surface area contributed by atoms with Crippen molar-refractivity contribution in [1.82, 2.24) is 0 Å². The van der Waals surface area contributed by atoms with Gasteiger partial charge in [-0.3, -0.25) is 0 Å². The van der Waals surface area contributed by atoms with Gasteiger partial charge in [0.1, 0.15) is 0 Å². The first-order valence-corrected chi connectivity index (χ1v) is 5.72. The first kappa shape index (κ1) is 11.0. The Hall–Kier alpha value is -1.53. The molecular formula is C15H13Cl. The van der Waals surface area contributed by atoms with Gasteiger partial charge in [-0.15, -0.1) is 0 Å². The monoisotopic (exact) mass is 228 g/mol. The van der Waals surface area contributed by atoms with Crippen LogP contribution in [0.15, 0.2) is 72.3 Å². The zero-order valence-electron chi connectivity index (χ0n) is 8.88. The highest BCUT2D eigenvalue weighted by molar-refractivity contribution is 6.25. The van der Waals surface area contributed by atoms with Crippen LogP contribution in [0.5, 0.6) is 0 Å². The molecule has 0 atom stereocenters. The molecule has 16 heavy (non-hydrogen) atoms. The standard InChI is InChI=1S/C15H13Cl/c16-12-11-15(13-7-3-1-4-8-13)14-9-5-2-6-10-14/h1-12,15H. The minimum Gasteiger partial charge on any atom is -0.0933 e. The highest BCUT2D eigenvalue weighted by Crippen LogP contribution is 2.25. The Morgan fingerprint density at radius 1 is 0.750 bits per heavy atom. The largest absolute Gasteiger partial charge is 0.0933 e. The van der Waals surface area contributed by atoms with E-state index in [2.05, 4.69) is 24.3 Å². The lowest BCUT2D eigenvalue weighted by molar-refractivity contribution is 1.03. The molecule has 0 aliphatic carbocycles. The molecule has 0 N–H and O–H groups in total. The lowest BCUT2D eigenvalue weighted by Gasteiger charge is -2.13. The summed E-state index contributed by atoms with van der Waals surface area (Å²) in [5.41, 5.74) is 4.10. The number of halogens is 1. The maximum atomic E-state index is 5.72. The molecule has 0 amide bonds. The van der Waals surface area contributed by atoms with Gasteiger partial charge in [-0.2, -0.15) is 0 Å². The first-order chi connectivity index (χ1) is 7.92. The van der Waals surface area contributed by atoms with Gasteiger partial charge in [-0.25, -0.2) is 0 Å². The van der Waals surface area contributed by atoms with Crippen molar-refractivity contribution in [3.8, 4) is 0 Å². The fourth-order valence-corrected chi connectivity index (χ4v) is 1.95. The molecule has 0 nitrogen and oxygen atoms in total. The van der Waals surface area contributed by atoms with Gasteiger partial charge in [0, 0.05) is 11.5 Å². The van der Waals surface area contributed by atoms with Crippen LogP contribution >= 0.6 is 11.6 Å². The van der Waals surface area contributed by atoms with E-state index >= 15 is 0 Å². The minimum atomic E-state index is 0.236. The van der Waals surface area contributed by atoms with Gasteiger partial charge in [0.05, 0.1) is 0 Å². The second-order valence-electron chi connectivity index (χ2n) is 3.62. The van der Waals surface area contributed by atoms with Gasteiger partial charge in [0.15, 0.2) is 0 Å². The topological polar surface area (TPSA) is 0 Å². The summed E-state index contributed by atoms with van der Waals surface area (Å²) in [5, 5.41) is 0. The maximum absolute atomic E-state index is 5.72. The van der Waals surface area contributed by atoms with E-state index in [9.17, 15) is 0 Å². The third-order valence-electron chi connectivity index (χ3n) is 2.58. The van der Waals surface area contributed by atoms with Crippen LogP contribution < -0.4 is 0 Å². The lowest BCUT2D eigenvalue weighted by Crippen LogP contribution is -1.96. The molecular weight excluding hydrogens is 216 g/mol. The smallest absolute Gasteiger partial charge is 0.0280 e. The number of hydrogen-bond donors (Lipinski definition) is 0. The predicted octanol–water partition coefficient (Wildman–Crippen LogP) is 4.57. The molecule has 0 unspecified atom stereocenters. The molecule has 2 aromatic carbocycles. The van der Waals surface area contributed by atoms with Gasteiger partial charge in [-0.05, 0) is 11.1 Å². The summed E-state index contributed by atoms with van der Waals surface area (Å²) in [6.07, 6.45) is 2.01. The molecule has 0 heterocycles. The first-order valence-electron chi connectivity index (χ1n) is 5.28. The van der Waals surface area contributed by atoms with Crippen molar-refractivity contribution in [1.29, 1.82) is 0 Å². The van der Waals surface area contributed by atoms with Crippen LogP contribution in [-0.4, -0.2) is 0 Å². The SMILES string of the molecule is ClC=CC(c1ccccc1)c1ccccc1. The Morgan fingerprint density at radius 2 is 1.19 bits per heavy atom. The Labute approximate surface area is 101 Å².